The number of azo groups is 1. The summed E-state index contributed by atoms with van der Waals surface area (Å²) in [6.45, 7) is 0. The molecule has 88 valence electrons. The summed E-state index contributed by atoms with van der Waals surface area (Å²) in [5.74, 6) is 0. The molecule has 6 nitrogen and oxygen atoms in total. The Morgan fingerprint density at radius 1 is 1.29 bits per heavy atom. The van der Waals surface area contributed by atoms with E-state index in [9.17, 15) is 0 Å². The standard InChI is InChI=1S/C10H12N6S/c1-12-7-3-5-8(6-4-7)13-14-10-16(2)15-9(11)17-10/h3-6H,1-2H3,(H2,11,15)/p+1. The Bertz CT molecular complexity index is 530. The fourth-order valence-electron chi connectivity index (χ4n) is 1.25. The third-order valence-electron chi connectivity index (χ3n) is 2.13. The number of nitrogens with one attached hydrogen (secondary N) is 1. The van der Waals surface area contributed by atoms with E-state index in [0.29, 0.717) is 10.3 Å². The molecule has 2 rings (SSSR count). The van der Waals surface area contributed by atoms with Gasteiger partial charge in [0.15, 0.2) is 0 Å². The monoisotopic (exact) mass is 249 g/mol. The summed E-state index contributed by atoms with van der Waals surface area (Å²) in [4.78, 5) is 0. The van der Waals surface area contributed by atoms with E-state index in [-0.39, 0.29) is 0 Å². The highest BCUT2D eigenvalue weighted by Gasteiger charge is 2.13. The van der Waals surface area contributed by atoms with Crippen LogP contribution in [0.2, 0.25) is 0 Å². The van der Waals surface area contributed by atoms with Gasteiger partial charge in [-0.1, -0.05) is 5.10 Å². The highest BCUT2D eigenvalue weighted by molar-refractivity contribution is 7.18. The number of aryl methyl sites for hydroxylation is 1. The number of benzene rings is 1. The SMILES string of the molecule is CNc1ccc(N=Nc2sc(N)n[n+]2C)cc1. The third-order valence-corrected chi connectivity index (χ3v) is 2.95. The van der Waals surface area contributed by atoms with Crippen molar-refractivity contribution in [1.82, 2.24) is 5.10 Å². The van der Waals surface area contributed by atoms with Crippen molar-refractivity contribution >= 4 is 33.0 Å². The summed E-state index contributed by atoms with van der Waals surface area (Å²) in [7, 11) is 3.65. The zero-order chi connectivity index (χ0) is 12.3. The number of nitrogens with zero attached hydrogens (tertiary/aromatic N) is 4. The smallest absolute Gasteiger partial charge is 0.388 e. The number of anilines is 2. The molecule has 2 aromatic rings. The summed E-state index contributed by atoms with van der Waals surface area (Å²) in [6, 6.07) is 7.66. The van der Waals surface area contributed by atoms with E-state index in [4.69, 9.17) is 5.73 Å². The molecule has 3 N–H and O–H groups in total. The van der Waals surface area contributed by atoms with E-state index in [1.807, 2.05) is 31.3 Å². The van der Waals surface area contributed by atoms with Crippen LogP contribution in [0.1, 0.15) is 0 Å². The molecule has 17 heavy (non-hydrogen) atoms. The first-order valence-electron chi connectivity index (χ1n) is 5.01. The highest BCUT2D eigenvalue weighted by atomic mass is 32.1. The number of hydrogen-bond acceptors (Lipinski definition) is 6. The van der Waals surface area contributed by atoms with Crippen LogP contribution in [0.4, 0.5) is 21.6 Å². The molecule has 0 atom stereocenters. The maximum Gasteiger partial charge on any atom is 0.431 e. The molecule has 0 aliphatic rings. The maximum absolute atomic E-state index is 5.56. The fourth-order valence-corrected chi connectivity index (χ4v) is 1.86. The summed E-state index contributed by atoms with van der Waals surface area (Å²) in [5.41, 5.74) is 7.39. The molecule has 0 saturated carbocycles. The zero-order valence-corrected chi connectivity index (χ0v) is 10.4. The maximum atomic E-state index is 5.56. The molecular formula is C10H13N6S+. The quantitative estimate of drug-likeness (QED) is 0.645. The molecule has 1 heterocycles. The molecule has 0 radical (unpaired) electrons. The Balaban J connectivity index is 2.17. The normalized spacial score (nSPS) is 10.9. The van der Waals surface area contributed by atoms with Crippen LogP contribution >= 0.6 is 11.3 Å². The molecule has 0 aliphatic carbocycles. The first kappa shape index (κ1) is 11.5. The van der Waals surface area contributed by atoms with Crippen LogP contribution in [0.25, 0.3) is 0 Å². The van der Waals surface area contributed by atoms with Crippen LogP contribution in [-0.4, -0.2) is 12.1 Å². The van der Waals surface area contributed by atoms with Crippen molar-refractivity contribution in [1.29, 1.82) is 0 Å². The summed E-state index contributed by atoms with van der Waals surface area (Å²) in [6.07, 6.45) is 0. The zero-order valence-electron chi connectivity index (χ0n) is 9.58. The lowest BCUT2D eigenvalue weighted by atomic mass is 10.3. The predicted octanol–water partition coefficient (Wildman–Crippen LogP) is 2.01. The van der Waals surface area contributed by atoms with E-state index in [0.717, 1.165) is 11.4 Å². The first-order valence-corrected chi connectivity index (χ1v) is 5.83. The first-order chi connectivity index (χ1) is 8.19. The highest BCUT2D eigenvalue weighted by Crippen LogP contribution is 2.22. The number of nitrogens with two attached hydrogens (primary N) is 1. The molecule has 0 bridgehead atoms. The Labute approximate surface area is 103 Å². The van der Waals surface area contributed by atoms with Crippen LogP contribution in [0, 0.1) is 0 Å². The molecule has 0 fully saturated rings. The minimum absolute atomic E-state index is 0.479. The fraction of sp³-hybridized carbons (Fsp3) is 0.200. The number of nitrogen functional groups attached to an aromatic ring is 1. The van der Waals surface area contributed by atoms with Gasteiger partial charge >= 0.3 is 5.13 Å². The minimum atomic E-state index is 0.479. The lowest BCUT2D eigenvalue weighted by Gasteiger charge is -1.96. The largest absolute Gasteiger partial charge is 0.431 e. The molecule has 0 saturated heterocycles. The van der Waals surface area contributed by atoms with E-state index in [1.54, 1.807) is 11.7 Å². The van der Waals surface area contributed by atoms with E-state index in [1.165, 1.54) is 11.3 Å². The van der Waals surface area contributed by atoms with Crippen molar-refractivity contribution in [2.24, 2.45) is 17.3 Å². The number of rotatable bonds is 3. The van der Waals surface area contributed by atoms with Gasteiger partial charge in [0.2, 0.25) is 5.13 Å². The van der Waals surface area contributed by atoms with Crippen LogP contribution in [0.5, 0.6) is 0 Å². The lowest BCUT2D eigenvalue weighted by Crippen LogP contribution is -2.29. The molecular weight excluding hydrogens is 236 g/mol. The van der Waals surface area contributed by atoms with Crippen molar-refractivity contribution in [3.8, 4) is 0 Å². The lowest BCUT2D eigenvalue weighted by molar-refractivity contribution is -0.712. The third kappa shape index (κ3) is 2.76. The average molecular weight is 249 g/mol. The minimum Gasteiger partial charge on any atom is -0.388 e. The van der Waals surface area contributed by atoms with Gasteiger partial charge in [0.05, 0.1) is 5.11 Å². The van der Waals surface area contributed by atoms with E-state index in [2.05, 4.69) is 20.6 Å². The van der Waals surface area contributed by atoms with Crippen LogP contribution in [0.3, 0.4) is 0 Å². The second kappa shape index (κ2) is 4.88. The number of aromatic nitrogens is 2. The Kier molecular flexibility index (Phi) is 3.29. The molecule has 0 unspecified atom stereocenters. The van der Waals surface area contributed by atoms with Gasteiger partial charge in [0.1, 0.15) is 12.7 Å². The van der Waals surface area contributed by atoms with Crippen molar-refractivity contribution in [2.75, 3.05) is 18.1 Å². The van der Waals surface area contributed by atoms with Gasteiger partial charge in [0, 0.05) is 12.7 Å². The van der Waals surface area contributed by atoms with Gasteiger partial charge in [-0.2, -0.15) is 0 Å². The average Bonchev–Trinajstić information content (AvgIpc) is 2.66. The number of hydrogen-bond donors (Lipinski definition) is 2. The summed E-state index contributed by atoms with van der Waals surface area (Å²) >= 11 is 1.30. The molecule has 7 heteroatoms. The van der Waals surface area contributed by atoms with E-state index < -0.39 is 0 Å². The Hall–Kier alpha value is -2.02. The van der Waals surface area contributed by atoms with Crippen molar-refractivity contribution < 1.29 is 4.68 Å². The molecule has 1 aromatic heterocycles. The summed E-state index contributed by atoms with van der Waals surface area (Å²) < 4.78 is 1.60. The van der Waals surface area contributed by atoms with Gasteiger partial charge < -0.3 is 11.1 Å². The van der Waals surface area contributed by atoms with Crippen molar-refractivity contribution in [3.05, 3.63) is 24.3 Å². The topological polar surface area (TPSA) is 79.5 Å². The molecule has 0 aliphatic heterocycles. The van der Waals surface area contributed by atoms with Gasteiger partial charge in [-0.25, -0.2) is 0 Å². The Morgan fingerprint density at radius 2 is 2.00 bits per heavy atom. The second-order valence-corrected chi connectivity index (χ2v) is 4.33. The second-order valence-electron chi connectivity index (χ2n) is 3.34. The van der Waals surface area contributed by atoms with Gasteiger partial charge in [-0.15, -0.1) is 4.68 Å². The molecule has 0 spiro atoms. The van der Waals surface area contributed by atoms with Crippen LogP contribution in [-0.2, 0) is 7.05 Å². The van der Waals surface area contributed by atoms with Gasteiger partial charge in [0.25, 0.3) is 0 Å². The van der Waals surface area contributed by atoms with Crippen molar-refractivity contribution in [2.45, 2.75) is 0 Å². The van der Waals surface area contributed by atoms with E-state index >= 15 is 0 Å². The molecule has 0 amide bonds. The van der Waals surface area contributed by atoms with Gasteiger partial charge in [-0.3, -0.25) is 0 Å². The predicted molar refractivity (Wildman–Crippen MR) is 67.9 cm³/mol. The van der Waals surface area contributed by atoms with Gasteiger partial charge in [-0.05, 0) is 40.7 Å². The summed E-state index contributed by atoms with van der Waals surface area (Å²) in [5, 5.41) is 16.4. The Morgan fingerprint density at radius 3 is 2.53 bits per heavy atom. The molecule has 1 aromatic carbocycles. The van der Waals surface area contributed by atoms with Crippen LogP contribution < -0.4 is 15.7 Å². The van der Waals surface area contributed by atoms with Crippen molar-refractivity contribution in [3.63, 3.8) is 0 Å². The van der Waals surface area contributed by atoms with Crippen LogP contribution in [0.15, 0.2) is 34.5 Å².